The number of amides is 4. The van der Waals surface area contributed by atoms with Gasteiger partial charge in [0.25, 0.3) is 11.8 Å². The first-order chi connectivity index (χ1) is 12.5. The second-order valence-corrected chi connectivity index (χ2v) is 6.40. The highest BCUT2D eigenvalue weighted by Crippen LogP contribution is 2.25. The fourth-order valence-electron chi connectivity index (χ4n) is 3.40. The van der Waals surface area contributed by atoms with Crippen LogP contribution in [0.1, 0.15) is 36.0 Å². The summed E-state index contributed by atoms with van der Waals surface area (Å²) in [7, 11) is 1.50. The third-order valence-corrected chi connectivity index (χ3v) is 4.75. The van der Waals surface area contributed by atoms with E-state index >= 15 is 0 Å². The molecular formula is C18H22N4O4. The van der Waals surface area contributed by atoms with E-state index in [0.29, 0.717) is 24.9 Å². The summed E-state index contributed by atoms with van der Waals surface area (Å²) in [5, 5.41) is 7.87. The Morgan fingerprint density at radius 1 is 1.12 bits per heavy atom. The molecule has 2 saturated heterocycles. The molecule has 3 rings (SSSR count). The number of likely N-dealkylation sites (N-methyl/N-ethyl adjacent to an activating group) is 1. The molecule has 0 unspecified atom stereocenters. The molecule has 0 bridgehead atoms. The molecule has 2 heterocycles. The Balaban J connectivity index is 1.84. The molecule has 2 aliphatic heterocycles. The van der Waals surface area contributed by atoms with Crippen LogP contribution in [0.15, 0.2) is 30.3 Å². The molecule has 2 atom stereocenters. The van der Waals surface area contributed by atoms with Crippen LogP contribution in [0.4, 0.5) is 0 Å². The quantitative estimate of drug-likeness (QED) is 0.798. The summed E-state index contributed by atoms with van der Waals surface area (Å²) in [6.07, 6.45) is 1.48. The number of fused-ring (bicyclic) bond motifs is 1. The average Bonchev–Trinajstić information content (AvgIpc) is 2.80. The van der Waals surface area contributed by atoms with Gasteiger partial charge in [-0.2, -0.15) is 0 Å². The number of benzene rings is 1. The third kappa shape index (κ3) is 3.40. The number of carbonyl (C=O) groups excluding carboxylic acids is 4. The van der Waals surface area contributed by atoms with Gasteiger partial charge in [-0.25, -0.2) is 5.01 Å². The Hall–Kier alpha value is -2.90. The predicted molar refractivity (Wildman–Crippen MR) is 92.6 cm³/mol. The summed E-state index contributed by atoms with van der Waals surface area (Å²) in [6, 6.07) is 7.00. The lowest BCUT2D eigenvalue weighted by molar-refractivity contribution is -0.175. The minimum Gasteiger partial charge on any atom is -0.357 e. The zero-order chi connectivity index (χ0) is 18.7. The number of carbonyl (C=O) groups is 4. The van der Waals surface area contributed by atoms with Crippen LogP contribution >= 0.6 is 0 Å². The van der Waals surface area contributed by atoms with Crippen molar-refractivity contribution in [3.05, 3.63) is 35.9 Å². The predicted octanol–water partition coefficient (Wildman–Crippen LogP) is 0.0594. The summed E-state index contributed by atoms with van der Waals surface area (Å²) in [5.74, 6) is -1.32. The number of hydrogen-bond acceptors (Lipinski definition) is 4. The van der Waals surface area contributed by atoms with Gasteiger partial charge in [-0.1, -0.05) is 18.2 Å². The monoisotopic (exact) mass is 358 g/mol. The van der Waals surface area contributed by atoms with Gasteiger partial charge < -0.3 is 10.6 Å². The van der Waals surface area contributed by atoms with E-state index < -0.39 is 18.0 Å². The van der Waals surface area contributed by atoms with Crippen molar-refractivity contribution in [2.75, 3.05) is 13.6 Å². The molecule has 2 fully saturated rings. The molecule has 0 aliphatic carbocycles. The lowest BCUT2D eigenvalue weighted by atomic mass is 10.1. The maximum Gasteiger partial charge on any atom is 0.264 e. The lowest BCUT2D eigenvalue weighted by Crippen LogP contribution is -2.63. The second-order valence-electron chi connectivity index (χ2n) is 6.40. The second kappa shape index (κ2) is 7.55. The summed E-state index contributed by atoms with van der Waals surface area (Å²) in [5.41, 5.74) is 0.439. The molecule has 8 nitrogen and oxygen atoms in total. The Morgan fingerprint density at radius 2 is 1.85 bits per heavy atom. The molecule has 1 aromatic carbocycles. The molecule has 2 N–H and O–H groups in total. The molecule has 2 aliphatic rings. The zero-order valence-corrected chi connectivity index (χ0v) is 14.6. The highest BCUT2D eigenvalue weighted by molar-refractivity contribution is 5.99. The average molecular weight is 358 g/mol. The van der Waals surface area contributed by atoms with E-state index in [-0.39, 0.29) is 30.6 Å². The van der Waals surface area contributed by atoms with Crippen LogP contribution < -0.4 is 10.6 Å². The highest BCUT2D eigenvalue weighted by Gasteiger charge is 2.44. The topological polar surface area (TPSA) is 98.8 Å². The van der Waals surface area contributed by atoms with Crippen LogP contribution in [0, 0.1) is 0 Å². The molecule has 26 heavy (non-hydrogen) atoms. The minimum atomic E-state index is -0.845. The van der Waals surface area contributed by atoms with Gasteiger partial charge in [-0.3, -0.25) is 24.2 Å². The van der Waals surface area contributed by atoms with Crippen molar-refractivity contribution < 1.29 is 19.2 Å². The Labute approximate surface area is 151 Å². The van der Waals surface area contributed by atoms with E-state index in [1.807, 2.05) is 0 Å². The smallest absolute Gasteiger partial charge is 0.264 e. The highest BCUT2D eigenvalue weighted by atomic mass is 16.2. The van der Waals surface area contributed by atoms with Gasteiger partial charge in [-0.15, -0.1) is 0 Å². The summed E-state index contributed by atoms with van der Waals surface area (Å²) in [4.78, 5) is 50.1. The van der Waals surface area contributed by atoms with E-state index in [0.717, 1.165) is 0 Å². The largest absolute Gasteiger partial charge is 0.357 e. The van der Waals surface area contributed by atoms with Crippen LogP contribution in [0.3, 0.4) is 0 Å². The zero-order valence-electron chi connectivity index (χ0n) is 14.6. The van der Waals surface area contributed by atoms with Crippen molar-refractivity contribution in [3.63, 3.8) is 0 Å². The first-order valence-corrected chi connectivity index (χ1v) is 8.73. The molecule has 0 spiro atoms. The van der Waals surface area contributed by atoms with Crippen molar-refractivity contribution in [3.8, 4) is 0 Å². The maximum absolute atomic E-state index is 13.1. The van der Waals surface area contributed by atoms with Gasteiger partial charge in [0, 0.05) is 25.6 Å². The summed E-state index contributed by atoms with van der Waals surface area (Å²) in [6.45, 7) is 0.400. The van der Waals surface area contributed by atoms with Crippen molar-refractivity contribution in [2.45, 2.75) is 37.8 Å². The molecule has 138 valence electrons. The third-order valence-electron chi connectivity index (χ3n) is 4.75. The first kappa shape index (κ1) is 17.9. The van der Waals surface area contributed by atoms with Gasteiger partial charge in [0.2, 0.25) is 11.8 Å². The standard InChI is InChI=1S/C18H22N4O4/c1-19-17(25)14-8-5-11-21-15(23)10-9-13(18(26)22(14)21)20-16(24)12-6-3-2-4-7-12/h2-4,6-7,13-14H,5,8-11H2,1H3,(H,19,25)(H,20,24)/t13-,14-/m0/s1. The molecule has 0 saturated carbocycles. The normalized spacial score (nSPS) is 23.1. The SMILES string of the molecule is CNC(=O)[C@@H]1CCCN2C(=O)CC[C@H](NC(=O)c3ccccc3)C(=O)N12. The molecular weight excluding hydrogens is 336 g/mol. The van der Waals surface area contributed by atoms with Crippen molar-refractivity contribution in [1.29, 1.82) is 0 Å². The van der Waals surface area contributed by atoms with E-state index in [9.17, 15) is 19.2 Å². The molecule has 1 aromatic rings. The molecule has 8 heteroatoms. The molecule has 0 aromatic heterocycles. The van der Waals surface area contributed by atoms with E-state index in [2.05, 4.69) is 10.6 Å². The van der Waals surface area contributed by atoms with Gasteiger partial charge in [0.05, 0.1) is 0 Å². The lowest BCUT2D eigenvalue weighted by Gasteiger charge is -2.42. The van der Waals surface area contributed by atoms with Gasteiger partial charge in [-0.05, 0) is 31.4 Å². The van der Waals surface area contributed by atoms with Crippen molar-refractivity contribution in [1.82, 2.24) is 20.7 Å². The van der Waals surface area contributed by atoms with Crippen molar-refractivity contribution >= 4 is 23.6 Å². The fraction of sp³-hybridized carbons (Fsp3) is 0.444. The number of nitrogens with one attached hydrogen (secondary N) is 2. The molecule has 0 radical (unpaired) electrons. The van der Waals surface area contributed by atoms with Crippen LogP contribution in [0.25, 0.3) is 0 Å². The van der Waals surface area contributed by atoms with Crippen LogP contribution in [0.5, 0.6) is 0 Å². The Bertz CT molecular complexity index is 721. The van der Waals surface area contributed by atoms with E-state index in [1.165, 1.54) is 17.1 Å². The Morgan fingerprint density at radius 3 is 2.54 bits per heavy atom. The van der Waals surface area contributed by atoms with Gasteiger partial charge in [0.1, 0.15) is 12.1 Å². The summed E-state index contributed by atoms with van der Waals surface area (Å²) < 4.78 is 0. The number of nitrogens with zero attached hydrogens (tertiary/aromatic N) is 2. The number of rotatable bonds is 3. The number of hydrogen-bond donors (Lipinski definition) is 2. The van der Waals surface area contributed by atoms with Crippen molar-refractivity contribution in [2.24, 2.45) is 0 Å². The number of hydrazine groups is 1. The van der Waals surface area contributed by atoms with E-state index in [1.54, 1.807) is 30.3 Å². The minimum absolute atomic E-state index is 0.141. The molecule has 4 amide bonds. The van der Waals surface area contributed by atoms with Gasteiger partial charge >= 0.3 is 0 Å². The van der Waals surface area contributed by atoms with Crippen LogP contribution in [-0.2, 0) is 14.4 Å². The van der Waals surface area contributed by atoms with E-state index in [4.69, 9.17) is 0 Å². The fourth-order valence-corrected chi connectivity index (χ4v) is 3.40. The first-order valence-electron chi connectivity index (χ1n) is 8.73. The van der Waals surface area contributed by atoms with Gasteiger partial charge in [0.15, 0.2) is 0 Å². The maximum atomic E-state index is 13.1. The van der Waals surface area contributed by atoms with Crippen LogP contribution in [0.2, 0.25) is 0 Å². The van der Waals surface area contributed by atoms with Crippen LogP contribution in [-0.4, -0.2) is 59.3 Å². The summed E-state index contributed by atoms with van der Waals surface area (Å²) >= 11 is 0. The Kier molecular flexibility index (Phi) is 5.20.